The van der Waals surface area contributed by atoms with E-state index in [1.807, 2.05) is 6.92 Å². The van der Waals surface area contributed by atoms with E-state index in [0.717, 1.165) is 0 Å². The van der Waals surface area contributed by atoms with Gasteiger partial charge in [-0.15, -0.1) is 0 Å². The van der Waals surface area contributed by atoms with Gasteiger partial charge in [0.1, 0.15) is 5.75 Å². The predicted octanol–water partition coefficient (Wildman–Crippen LogP) is 0.609. The largest absolute Gasteiger partial charge is 0.496 e. The zero-order valence-electron chi connectivity index (χ0n) is 8.83. The van der Waals surface area contributed by atoms with Crippen molar-refractivity contribution in [3.63, 3.8) is 0 Å². The number of nitrogens with two attached hydrogens (primary N) is 2. The number of nitrogens with one attached hydrogen (secondary N) is 1. The highest BCUT2D eigenvalue weighted by Gasteiger charge is 2.13. The molecule has 1 aromatic rings. The van der Waals surface area contributed by atoms with Gasteiger partial charge in [0, 0.05) is 12.6 Å². The summed E-state index contributed by atoms with van der Waals surface area (Å²) in [6, 6.07) is 3.05. The number of anilines is 2. The lowest BCUT2D eigenvalue weighted by Crippen LogP contribution is -2.23. The van der Waals surface area contributed by atoms with Crippen LogP contribution in [0.25, 0.3) is 0 Å². The summed E-state index contributed by atoms with van der Waals surface area (Å²) in [4.78, 5) is 11.6. The Morgan fingerprint density at radius 2 is 2.00 bits per heavy atom. The second kappa shape index (κ2) is 4.54. The maximum atomic E-state index is 11.6. The fraction of sp³-hybridized carbons (Fsp3) is 0.300. The van der Waals surface area contributed by atoms with Crippen LogP contribution in [0.3, 0.4) is 0 Å². The standard InChI is InChI=1S/C10H15N3O2/c1-3-13-10(14)6-4-7(11)8(12)5-9(6)15-2/h4-5H,3,11-12H2,1-2H3,(H,13,14). The molecule has 0 saturated heterocycles. The van der Waals surface area contributed by atoms with Crippen molar-refractivity contribution in [3.05, 3.63) is 17.7 Å². The van der Waals surface area contributed by atoms with Crippen LogP contribution in [0.4, 0.5) is 11.4 Å². The van der Waals surface area contributed by atoms with Crippen molar-refractivity contribution in [2.24, 2.45) is 0 Å². The lowest BCUT2D eigenvalue weighted by molar-refractivity contribution is 0.0953. The van der Waals surface area contributed by atoms with Crippen LogP contribution < -0.4 is 21.5 Å². The SMILES string of the molecule is CCNC(=O)c1cc(N)c(N)cc1OC. The number of benzene rings is 1. The summed E-state index contributed by atoms with van der Waals surface area (Å²) in [6.45, 7) is 2.39. The maximum Gasteiger partial charge on any atom is 0.255 e. The molecule has 0 aliphatic rings. The molecule has 1 aromatic carbocycles. The third kappa shape index (κ3) is 2.31. The molecule has 0 atom stereocenters. The van der Waals surface area contributed by atoms with E-state index >= 15 is 0 Å². The number of hydrogen-bond donors (Lipinski definition) is 3. The van der Waals surface area contributed by atoms with E-state index in [1.54, 1.807) is 6.07 Å². The molecule has 0 spiro atoms. The number of carbonyl (C=O) groups excluding carboxylic acids is 1. The zero-order chi connectivity index (χ0) is 11.4. The highest BCUT2D eigenvalue weighted by Crippen LogP contribution is 2.26. The fourth-order valence-electron chi connectivity index (χ4n) is 1.21. The number of amides is 1. The van der Waals surface area contributed by atoms with Gasteiger partial charge < -0.3 is 21.5 Å². The summed E-state index contributed by atoms with van der Waals surface area (Å²) < 4.78 is 5.05. The van der Waals surface area contributed by atoms with Crippen LogP contribution >= 0.6 is 0 Å². The number of nitrogen functional groups attached to an aromatic ring is 2. The lowest BCUT2D eigenvalue weighted by atomic mass is 10.1. The van der Waals surface area contributed by atoms with Gasteiger partial charge in [0.05, 0.1) is 24.0 Å². The Morgan fingerprint density at radius 1 is 1.40 bits per heavy atom. The first kappa shape index (κ1) is 11.2. The molecule has 0 radical (unpaired) electrons. The first-order valence-electron chi connectivity index (χ1n) is 4.61. The molecule has 0 heterocycles. The maximum absolute atomic E-state index is 11.6. The molecule has 0 bridgehead atoms. The summed E-state index contributed by atoms with van der Waals surface area (Å²) in [5.41, 5.74) is 12.4. The molecule has 15 heavy (non-hydrogen) atoms. The van der Waals surface area contributed by atoms with Gasteiger partial charge in [0.15, 0.2) is 0 Å². The zero-order valence-corrected chi connectivity index (χ0v) is 8.83. The van der Waals surface area contributed by atoms with E-state index in [1.165, 1.54) is 13.2 Å². The molecule has 1 amide bonds. The van der Waals surface area contributed by atoms with Gasteiger partial charge in [-0.3, -0.25) is 4.79 Å². The van der Waals surface area contributed by atoms with E-state index in [-0.39, 0.29) is 5.91 Å². The molecule has 82 valence electrons. The molecule has 0 aliphatic carbocycles. The monoisotopic (exact) mass is 209 g/mol. The van der Waals surface area contributed by atoms with Crippen molar-refractivity contribution >= 4 is 17.3 Å². The average Bonchev–Trinajstić information content (AvgIpc) is 2.21. The molecule has 0 saturated carbocycles. The average molecular weight is 209 g/mol. The molecule has 5 nitrogen and oxygen atoms in total. The molecular formula is C10H15N3O2. The van der Waals surface area contributed by atoms with E-state index in [0.29, 0.717) is 29.2 Å². The second-order valence-electron chi connectivity index (χ2n) is 3.04. The lowest BCUT2D eigenvalue weighted by Gasteiger charge is -2.10. The normalized spacial score (nSPS) is 9.73. The van der Waals surface area contributed by atoms with Crippen molar-refractivity contribution in [2.75, 3.05) is 25.1 Å². The fourth-order valence-corrected chi connectivity index (χ4v) is 1.21. The van der Waals surface area contributed by atoms with E-state index < -0.39 is 0 Å². The Bertz CT molecular complexity index is 377. The Morgan fingerprint density at radius 3 is 2.53 bits per heavy atom. The minimum atomic E-state index is -0.221. The number of rotatable bonds is 3. The van der Waals surface area contributed by atoms with E-state index in [2.05, 4.69) is 5.32 Å². The van der Waals surface area contributed by atoms with Crippen LogP contribution in [0, 0.1) is 0 Å². The van der Waals surface area contributed by atoms with Gasteiger partial charge in [-0.2, -0.15) is 0 Å². The molecule has 0 aliphatic heterocycles. The number of hydrogen-bond acceptors (Lipinski definition) is 4. The molecule has 0 aromatic heterocycles. The quantitative estimate of drug-likeness (QED) is 0.636. The van der Waals surface area contributed by atoms with Gasteiger partial charge in [-0.05, 0) is 13.0 Å². The van der Waals surface area contributed by atoms with E-state index in [4.69, 9.17) is 16.2 Å². The third-order valence-electron chi connectivity index (χ3n) is 1.99. The van der Waals surface area contributed by atoms with Crippen LogP contribution in [-0.4, -0.2) is 19.6 Å². The Hall–Kier alpha value is -1.91. The van der Waals surface area contributed by atoms with Gasteiger partial charge in [0.25, 0.3) is 5.91 Å². The van der Waals surface area contributed by atoms with Gasteiger partial charge in [0.2, 0.25) is 0 Å². The second-order valence-corrected chi connectivity index (χ2v) is 3.04. The predicted molar refractivity (Wildman–Crippen MR) is 59.8 cm³/mol. The first-order chi connectivity index (χ1) is 7.10. The number of methoxy groups -OCH3 is 1. The van der Waals surface area contributed by atoms with Crippen molar-refractivity contribution in [2.45, 2.75) is 6.92 Å². The summed E-state index contributed by atoms with van der Waals surface area (Å²) in [5, 5.41) is 2.67. The number of carbonyl (C=O) groups is 1. The molecule has 1 rings (SSSR count). The Balaban J connectivity index is 3.15. The highest BCUT2D eigenvalue weighted by atomic mass is 16.5. The summed E-state index contributed by atoms with van der Waals surface area (Å²) in [6.07, 6.45) is 0. The minimum absolute atomic E-state index is 0.221. The molecule has 0 fully saturated rings. The van der Waals surface area contributed by atoms with Gasteiger partial charge in [-0.1, -0.05) is 0 Å². The summed E-state index contributed by atoms with van der Waals surface area (Å²) >= 11 is 0. The van der Waals surface area contributed by atoms with E-state index in [9.17, 15) is 4.79 Å². The van der Waals surface area contributed by atoms with Crippen LogP contribution in [0.2, 0.25) is 0 Å². The van der Waals surface area contributed by atoms with Gasteiger partial charge in [-0.25, -0.2) is 0 Å². The first-order valence-corrected chi connectivity index (χ1v) is 4.61. The Kier molecular flexibility index (Phi) is 3.38. The topological polar surface area (TPSA) is 90.4 Å². The van der Waals surface area contributed by atoms with Crippen LogP contribution in [-0.2, 0) is 0 Å². The van der Waals surface area contributed by atoms with Crippen molar-refractivity contribution in [1.29, 1.82) is 0 Å². The van der Waals surface area contributed by atoms with Crippen LogP contribution in [0.1, 0.15) is 17.3 Å². The highest BCUT2D eigenvalue weighted by molar-refractivity contribution is 5.99. The van der Waals surface area contributed by atoms with Gasteiger partial charge >= 0.3 is 0 Å². The molecule has 5 heteroatoms. The summed E-state index contributed by atoms with van der Waals surface area (Å²) in [7, 11) is 1.48. The van der Waals surface area contributed by atoms with Crippen LogP contribution in [0.15, 0.2) is 12.1 Å². The van der Waals surface area contributed by atoms with Crippen molar-refractivity contribution < 1.29 is 9.53 Å². The molecular weight excluding hydrogens is 194 g/mol. The molecule has 5 N–H and O–H groups in total. The summed E-state index contributed by atoms with van der Waals surface area (Å²) in [5.74, 6) is 0.203. The van der Waals surface area contributed by atoms with Crippen molar-refractivity contribution in [1.82, 2.24) is 5.32 Å². The van der Waals surface area contributed by atoms with Crippen LogP contribution in [0.5, 0.6) is 5.75 Å². The van der Waals surface area contributed by atoms with Crippen molar-refractivity contribution in [3.8, 4) is 5.75 Å². The third-order valence-corrected chi connectivity index (χ3v) is 1.99. The minimum Gasteiger partial charge on any atom is -0.496 e. The molecule has 0 unspecified atom stereocenters. The Labute approximate surface area is 88.4 Å². The smallest absolute Gasteiger partial charge is 0.255 e. The number of ether oxygens (including phenoxy) is 1.